The summed E-state index contributed by atoms with van der Waals surface area (Å²) in [5.74, 6) is 0. The Hall–Kier alpha value is -0.397. The first kappa shape index (κ1) is 22.6. The van der Waals surface area contributed by atoms with Crippen LogP contribution >= 0.6 is 0 Å². The summed E-state index contributed by atoms with van der Waals surface area (Å²) in [7, 11) is 0. The van der Waals surface area contributed by atoms with Gasteiger partial charge in [0.2, 0.25) is 0 Å². The molecule has 119 valence electrons. The molecule has 1 nitrogen and oxygen atoms in total. The number of halogens is 2. The van der Waals surface area contributed by atoms with Gasteiger partial charge in [-0.25, -0.2) is 0 Å². The number of allylic oxidation sites excluding steroid dienone is 7. The van der Waals surface area contributed by atoms with Crippen molar-refractivity contribution < 1.29 is 56.1 Å². The van der Waals surface area contributed by atoms with Gasteiger partial charge in [-0.3, -0.25) is 0 Å². The summed E-state index contributed by atoms with van der Waals surface area (Å²) in [5, 5.41) is 8.93. The van der Waals surface area contributed by atoms with E-state index in [4.69, 9.17) is 5.11 Å². The molecule has 2 aliphatic carbocycles. The van der Waals surface area contributed by atoms with Crippen LogP contribution in [0.5, 0.6) is 0 Å². The molecule has 4 heteroatoms. The smallest absolute Gasteiger partial charge is 1.00 e. The summed E-state index contributed by atoms with van der Waals surface area (Å²) in [6, 6.07) is 8.44. The predicted octanol–water partition coefficient (Wildman–Crippen LogP) is -1.78. The van der Waals surface area contributed by atoms with E-state index in [0.29, 0.717) is 0 Å². The number of hydrogen-bond donors (Lipinski definition) is 1. The van der Waals surface area contributed by atoms with Crippen molar-refractivity contribution in [2.24, 2.45) is 0 Å². The van der Waals surface area contributed by atoms with Gasteiger partial charge in [0.1, 0.15) is 0 Å². The van der Waals surface area contributed by atoms with E-state index >= 15 is 0 Å². The van der Waals surface area contributed by atoms with E-state index in [1.54, 1.807) is 0 Å². The maximum Gasteiger partial charge on any atom is 3.00 e. The molecule has 1 aromatic carbocycles. The van der Waals surface area contributed by atoms with Crippen molar-refractivity contribution in [3.8, 4) is 0 Å². The first-order valence-electron chi connectivity index (χ1n) is 7.24. The van der Waals surface area contributed by atoms with Gasteiger partial charge in [-0.15, -0.1) is 46.1 Å². The fourth-order valence-electron chi connectivity index (χ4n) is 2.93. The molecule has 3 rings (SSSR count). The molecule has 1 radical (unpaired) electrons. The number of fused-ring (bicyclic) bond motifs is 1. The Kier molecular flexibility index (Phi) is 10.3. The van der Waals surface area contributed by atoms with Crippen molar-refractivity contribution in [2.45, 2.75) is 26.2 Å². The Labute approximate surface area is 170 Å². The maximum absolute atomic E-state index is 8.93. The van der Waals surface area contributed by atoms with Crippen LogP contribution in [0.3, 0.4) is 0 Å². The van der Waals surface area contributed by atoms with Crippen molar-refractivity contribution in [3.05, 3.63) is 76.4 Å². The fourth-order valence-corrected chi connectivity index (χ4v) is 2.93. The summed E-state index contributed by atoms with van der Waals surface area (Å²) in [4.78, 5) is 0. The minimum atomic E-state index is 0. The molecule has 0 aromatic heterocycles. The van der Waals surface area contributed by atoms with Gasteiger partial charge in [0.05, 0.1) is 0 Å². The fraction of sp³-hybridized carbons (Fsp3) is 0.263. The van der Waals surface area contributed by atoms with Gasteiger partial charge in [0.15, 0.2) is 0 Å². The topological polar surface area (TPSA) is 20.2 Å². The normalized spacial score (nSPS) is 16.4. The van der Waals surface area contributed by atoms with Gasteiger partial charge in [-0.1, -0.05) is 42.8 Å². The van der Waals surface area contributed by atoms with Crippen molar-refractivity contribution in [1.82, 2.24) is 0 Å². The summed E-state index contributed by atoms with van der Waals surface area (Å²) in [6.07, 6.45) is 13.1. The zero-order valence-electron chi connectivity index (χ0n) is 13.1. The minimum absolute atomic E-state index is 0. The van der Waals surface area contributed by atoms with Crippen molar-refractivity contribution in [2.75, 3.05) is 6.61 Å². The molecule has 2 aliphatic rings. The second kappa shape index (κ2) is 10.5. The van der Waals surface area contributed by atoms with Crippen molar-refractivity contribution >= 4 is 5.57 Å². The van der Waals surface area contributed by atoms with E-state index in [9.17, 15) is 0 Å². The molecule has 1 aromatic rings. The molecule has 0 saturated carbocycles. The molecule has 1 N–H and O–H groups in total. The van der Waals surface area contributed by atoms with E-state index in [0.717, 1.165) is 19.3 Å². The number of rotatable bonds is 4. The van der Waals surface area contributed by atoms with Crippen LogP contribution < -0.4 is 24.8 Å². The summed E-state index contributed by atoms with van der Waals surface area (Å²) in [6.45, 7) is 2.36. The summed E-state index contributed by atoms with van der Waals surface area (Å²) in [5.41, 5.74) is 7.71. The first-order valence-corrected chi connectivity index (χ1v) is 7.24. The molecular weight excluding hydrogens is 406 g/mol. The Balaban J connectivity index is 0.00000161. The van der Waals surface area contributed by atoms with Crippen LogP contribution in [0, 0.1) is 6.08 Å². The quantitative estimate of drug-likeness (QED) is 0.566. The molecule has 0 unspecified atom stereocenters. The van der Waals surface area contributed by atoms with Crippen LogP contribution in [0.4, 0.5) is 0 Å². The van der Waals surface area contributed by atoms with Crippen molar-refractivity contribution in [3.63, 3.8) is 0 Å². The Morgan fingerprint density at radius 3 is 2.65 bits per heavy atom. The second-order valence-corrected chi connectivity index (χ2v) is 5.23. The van der Waals surface area contributed by atoms with E-state index in [1.165, 1.54) is 33.4 Å². The third-order valence-electron chi connectivity index (χ3n) is 3.92. The standard InChI is InChI=1S/C19H19O.2ClH.Zr/c1-2-17-18-8-4-3-7-15(18)13-19(17)16-10-9-14(12-16)6-5-11-20;;;/h2-4,7-9,12,20H,5-6,10-11H2,1H3;2*1H;/q-1;;;+3/p-2. The van der Waals surface area contributed by atoms with Crippen LogP contribution in [0.15, 0.2) is 59.2 Å². The van der Waals surface area contributed by atoms with Gasteiger partial charge in [0, 0.05) is 6.61 Å². The molecule has 0 saturated heterocycles. The molecule has 23 heavy (non-hydrogen) atoms. The SMILES string of the molecule is CC=C1C(C2=CC(CCCO)=CC2)=[C-]c2ccccc21.[Cl-].[Cl-].[Zr+3]. The predicted molar refractivity (Wildman–Crippen MR) is 83.1 cm³/mol. The van der Waals surface area contributed by atoms with Crippen LogP contribution in [0.2, 0.25) is 0 Å². The van der Waals surface area contributed by atoms with Gasteiger partial charge < -0.3 is 29.9 Å². The van der Waals surface area contributed by atoms with Crippen LogP contribution in [0.25, 0.3) is 5.57 Å². The van der Waals surface area contributed by atoms with Crippen LogP contribution in [-0.4, -0.2) is 11.7 Å². The molecule has 0 bridgehead atoms. The summed E-state index contributed by atoms with van der Waals surface area (Å²) < 4.78 is 0. The Morgan fingerprint density at radius 1 is 1.22 bits per heavy atom. The Morgan fingerprint density at radius 2 is 1.96 bits per heavy atom. The molecule has 0 heterocycles. The Bertz CT molecular complexity index is 657. The van der Waals surface area contributed by atoms with E-state index < -0.39 is 0 Å². The molecule has 0 spiro atoms. The van der Waals surface area contributed by atoms with E-state index in [2.05, 4.69) is 55.5 Å². The number of hydrogen-bond acceptors (Lipinski definition) is 1. The van der Waals surface area contributed by atoms with Crippen LogP contribution in [0.1, 0.15) is 37.3 Å². The van der Waals surface area contributed by atoms with E-state index in [-0.39, 0.29) is 57.6 Å². The largest absolute Gasteiger partial charge is 3.00 e. The second-order valence-electron chi connectivity index (χ2n) is 5.23. The maximum atomic E-state index is 8.93. The first-order chi connectivity index (χ1) is 9.83. The molecule has 0 amide bonds. The molecular formula is C19H19Cl2OZr. The monoisotopic (exact) mass is 423 g/mol. The minimum Gasteiger partial charge on any atom is -1.00 e. The average molecular weight is 425 g/mol. The zero-order valence-corrected chi connectivity index (χ0v) is 17.0. The molecule has 0 aliphatic heterocycles. The summed E-state index contributed by atoms with van der Waals surface area (Å²) >= 11 is 0. The average Bonchev–Trinajstić information content (AvgIpc) is 3.08. The van der Waals surface area contributed by atoms with Crippen molar-refractivity contribution in [1.29, 1.82) is 0 Å². The van der Waals surface area contributed by atoms with Gasteiger partial charge in [-0.2, -0.15) is 0 Å². The number of benzene rings is 1. The number of aliphatic hydroxyl groups excluding tert-OH is 1. The van der Waals surface area contributed by atoms with Crippen LogP contribution in [-0.2, 0) is 26.2 Å². The third-order valence-corrected chi connectivity index (χ3v) is 3.92. The molecule has 0 fully saturated rings. The van der Waals surface area contributed by atoms with Gasteiger partial charge in [-0.05, 0) is 19.3 Å². The van der Waals surface area contributed by atoms with Gasteiger partial charge in [0.25, 0.3) is 0 Å². The molecule has 0 atom stereocenters. The van der Waals surface area contributed by atoms with E-state index in [1.807, 2.05) is 0 Å². The third kappa shape index (κ3) is 4.80. The zero-order chi connectivity index (χ0) is 13.9. The van der Waals surface area contributed by atoms with Gasteiger partial charge >= 0.3 is 26.2 Å². The number of aliphatic hydroxyl groups is 1.